The normalized spacial score (nSPS) is 12.4. The molecule has 0 aliphatic carbocycles. The highest BCUT2D eigenvalue weighted by atomic mass is 32.2. The molecule has 0 aliphatic rings. The van der Waals surface area contributed by atoms with E-state index in [4.69, 9.17) is 5.73 Å². The molecule has 1 aromatic rings. The number of nitrogens with one attached hydrogen (secondary N) is 1. The maximum Gasteiger partial charge on any atom is 0.234 e. The molecular formula is C13H20N2OS. The predicted molar refractivity (Wildman–Crippen MR) is 73.3 cm³/mol. The molecule has 0 fully saturated rings. The van der Waals surface area contributed by atoms with Crippen molar-refractivity contribution in [2.24, 2.45) is 5.73 Å². The lowest BCUT2D eigenvalue weighted by molar-refractivity contribution is -0.119. The van der Waals surface area contributed by atoms with Gasteiger partial charge in [-0.25, -0.2) is 0 Å². The number of nitrogens with two attached hydrogens (primary N) is 1. The van der Waals surface area contributed by atoms with Gasteiger partial charge in [-0.2, -0.15) is 0 Å². The number of aryl methyl sites for hydroxylation is 2. The summed E-state index contributed by atoms with van der Waals surface area (Å²) in [4.78, 5) is 12.3. The van der Waals surface area contributed by atoms with E-state index in [0.29, 0.717) is 0 Å². The van der Waals surface area contributed by atoms with Gasteiger partial charge in [-0.05, 0) is 38.9 Å². The molecule has 0 heterocycles. The van der Waals surface area contributed by atoms with Gasteiger partial charge in [0, 0.05) is 10.6 Å². The number of carbonyl (C=O) groups is 1. The van der Waals surface area contributed by atoms with Crippen LogP contribution in [0, 0.1) is 13.8 Å². The molecule has 0 saturated heterocycles. The SMILES string of the molecule is CNC(CCSc1cc(C)ccc1C)C(N)=O. The number of amides is 1. The Labute approximate surface area is 107 Å². The lowest BCUT2D eigenvalue weighted by Gasteiger charge is -2.12. The van der Waals surface area contributed by atoms with E-state index in [1.54, 1.807) is 18.8 Å². The van der Waals surface area contributed by atoms with Gasteiger partial charge in [0.15, 0.2) is 0 Å². The van der Waals surface area contributed by atoms with Crippen molar-refractivity contribution in [1.82, 2.24) is 5.32 Å². The van der Waals surface area contributed by atoms with E-state index in [1.165, 1.54) is 16.0 Å². The molecular weight excluding hydrogens is 232 g/mol. The Morgan fingerprint density at radius 2 is 2.18 bits per heavy atom. The van der Waals surface area contributed by atoms with E-state index in [9.17, 15) is 4.79 Å². The van der Waals surface area contributed by atoms with Gasteiger partial charge in [0.1, 0.15) is 0 Å². The molecule has 0 radical (unpaired) electrons. The smallest absolute Gasteiger partial charge is 0.234 e. The van der Waals surface area contributed by atoms with Gasteiger partial charge in [0.05, 0.1) is 6.04 Å². The molecule has 0 saturated carbocycles. The summed E-state index contributed by atoms with van der Waals surface area (Å²) in [5, 5.41) is 2.93. The average Bonchev–Trinajstić information content (AvgIpc) is 2.28. The lowest BCUT2D eigenvalue weighted by Crippen LogP contribution is -2.39. The van der Waals surface area contributed by atoms with Gasteiger partial charge in [0.2, 0.25) is 5.91 Å². The maximum absolute atomic E-state index is 11.0. The highest BCUT2D eigenvalue weighted by Crippen LogP contribution is 2.24. The lowest BCUT2D eigenvalue weighted by atomic mass is 10.2. The first-order valence-electron chi connectivity index (χ1n) is 5.71. The van der Waals surface area contributed by atoms with Crippen LogP contribution in [-0.4, -0.2) is 24.7 Å². The highest BCUT2D eigenvalue weighted by Gasteiger charge is 2.12. The minimum absolute atomic E-state index is 0.229. The topological polar surface area (TPSA) is 55.1 Å². The number of carbonyl (C=O) groups excluding carboxylic acids is 1. The van der Waals surface area contributed by atoms with Crippen LogP contribution >= 0.6 is 11.8 Å². The van der Waals surface area contributed by atoms with Gasteiger partial charge in [-0.15, -0.1) is 11.8 Å². The molecule has 0 bridgehead atoms. The zero-order valence-corrected chi connectivity index (χ0v) is 11.4. The van der Waals surface area contributed by atoms with Crippen LogP contribution < -0.4 is 11.1 Å². The third-order valence-corrected chi connectivity index (χ3v) is 3.89. The molecule has 1 rings (SSSR count). The average molecular weight is 252 g/mol. The van der Waals surface area contributed by atoms with E-state index in [0.717, 1.165) is 12.2 Å². The Morgan fingerprint density at radius 1 is 1.47 bits per heavy atom. The number of rotatable bonds is 6. The van der Waals surface area contributed by atoms with Gasteiger partial charge in [0.25, 0.3) is 0 Å². The summed E-state index contributed by atoms with van der Waals surface area (Å²) in [6, 6.07) is 6.19. The van der Waals surface area contributed by atoms with Crippen LogP contribution in [0.15, 0.2) is 23.1 Å². The van der Waals surface area contributed by atoms with Crippen molar-refractivity contribution < 1.29 is 4.79 Å². The maximum atomic E-state index is 11.0. The van der Waals surface area contributed by atoms with Crippen molar-refractivity contribution in [3.63, 3.8) is 0 Å². The van der Waals surface area contributed by atoms with Crippen molar-refractivity contribution >= 4 is 17.7 Å². The molecule has 0 spiro atoms. The largest absolute Gasteiger partial charge is 0.368 e. The second kappa shape index (κ2) is 6.67. The first kappa shape index (κ1) is 14.1. The zero-order valence-electron chi connectivity index (χ0n) is 10.6. The Morgan fingerprint density at radius 3 is 2.76 bits per heavy atom. The van der Waals surface area contributed by atoms with E-state index >= 15 is 0 Å². The van der Waals surface area contributed by atoms with Gasteiger partial charge in [-0.1, -0.05) is 17.7 Å². The molecule has 1 amide bonds. The third kappa shape index (κ3) is 4.40. The van der Waals surface area contributed by atoms with Gasteiger partial charge >= 0.3 is 0 Å². The van der Waals surface area contributed by atoms with Crippen LogP contribution in [0.2, 0.25) is 0 Å². The predicted octanol–water partition coefficient (Wildman–Crippen LogP) is 1.86. The van der Waals surface area contributed by atoms with Gasteiger partial charge in [-0.3, -0.25) is 4.79 Å². The summed E-state index contributed by atoms with van der Waals surface area (Å²) >= 11 is 1.77. The van der Waals surface area contributed by atoms with Crippen LogP contribution in [0.3, 0.4) is 0 Å². The Balaban J connectivity index is 2.50. The van der Waals surface area contributed by atoms with Crippen LogP contribution in [-0.2, 0) is 4.79 Å². The molecule has 4 heteroatoms. The summed E-state index contributed by atoms with van der Waals surface area (Å²) in [7, 11) is 1.76. The van der Waals surface area contributed by atoms with E-state index in [2.05, 4.69) is 37.4 Å². The van der Waals surface area contributed by atoms with Crippen LogP contribution in [0.4, 0.5) is 0 Å². The summed E-state index contributed by atoms with van der Waals surface area (Å²) < 4.78 is 0. The third-order valence-electron chi connectivity index (χ3n) is 2.70. The molecule has 1 aromatic carbocycles. The van der Waals surface area contributed by atoms with Crippen molar-refractivity contribution in [1.29, 1.82) is 0 Å². The van der Waals surface area contributed by atoms with E-state index in [-0.39, 0.29) is 11.9 Å². The zero-order chi connectivity index (χ0) is 12.8. The minimum Gasteiger partial charge on any atom is -0.368 e. The molecule has 17 heavy (non-hydrogen) atoms. The number of hydrogen-bond acceptors (Lipinski definition) is 3. The minimum atomic E-state index is -0.283. The Bertz CT molecular complexity index is 393. The summed E-state index contributed by atoms with van der Waals surface area (Å²) in [6.07, 6.45) is 0.754. The number of hydrogen-bond donors (Lipinski definition) is 2. The molecule has 0 aliphatic heterocycles. The summed E-state index contributed by atoms with van der Waals surface area (Å²) in [5.41, 5.74) is 7.81. The first-order chi connectivity index (χ1) is 8.04. The monoisotopic (exact) mass is 252 g/mol. The van der Waals surface area contributed by atoms with Gasteiger partial charge < -0.3 is 11.1 Å². The fourth-order valence-electron chi connectivity index (χ4n) is 1.58. The van der Waals surface area contributed by atoms with Crippen LogP contribution in [0.1, 0.15) is 17.5 Å². The van der Waals surface area contributed by atoms with E-state index in [1.807, 2.05) is 0 Å². The summed E-state index contributed by atoms with van der Waals surface area (Å²) in [5.74, 6) is 0.604. The standard InChI is InChI=1S/C13H20N2OS/c1-9-4-5-10(2)12(8-9)17-7-6-11(15-3)13(14)16/h4-5,8,11,15H,6-7H2,1-3H3,(H2,14,16). The molecule has 0 aromatic heterocycles. The fourth-order valence-corrected chi connectivity index (χ4v) is 2.72. The highest BCUT2D eigenvalue weighted by molar-refractivity contribution is 7.99. The van der Waals surface area contributed by atoms with Crippen molar-refractivity contribution in [3.8, 4) is 0 Å². The Hall–Kier alpha value is -1.00. The van der Waals surface area contributed by atoms with Crippen LogP contribution in [0.25, 0.3) is 0 Å². The first-order valence-corrected chi connectivity index (χ1v) is 6.69. The molecule has 1 atom stereocenters. The summed E-state index contributed by atoms with van der Waals surface area (Å²) in [6.45, 7) is 4.19. The van der Waals surface area contributed by atoms with Crippen molar-refractivity contribution in [3.05, 3.63) is 29.3 Å². The number of primary amides is 1. The Kier molecular flexibility index (Phi) is 5.51. The quantitative estimate of drug-likeness (QED) is 0.760. The number of benzene rings is 1. The molecule has 3 N–H and O–H groups in total. The second-order valence-corrected chi connectivity index (χ2v) is 5.29. The van der Waals surface area contributed by atoms with Crippen LogP contribution in [0.5, 0.6) is 0 Å². The fraction of sp³-hybridized carbons (Fsp3) is 0.462. The molecule has 1 unspecified atom stereocenters. The van der Waals surface area contributed by atoms with Crippen molar-refractivity contribution in [2.45, 2.75) is 31.2 Å². The number of thioether (sulfide) groups is 1. The second-order valence-electron chi connectivity index (χ2n) is 4.15. The number of likely N-dealkylation sites (N-methyl/N-ethyl adjacent to an activating group) is 1. The van der Waals surface area contributed by atoms with Crippen molar-refractivity contribution in [2.75, 3.05) is 12.8 Å². The molecule has 3 nitrogen and oxygen atoms in total. The molecule has 94 valence electrons. The van der Waals surface area contributed by atoms with E-state index < -0.39 is 0 Å².